The van der Waals surface area contributed by atoms with Crippen molar-refractivity contribution < 1.29 is 33.4 Å². The first-order valence-electron chi connectivity index (χ1n) is 13.6. The minimum absolute atomic E-state index is 0.00823. The first-order chi connectivity index (χ1) is 20.7. The molecule has 3 rings (SSSR count). The van der Waals surface area contributed by atoms with Crippen molar-refractivity contribution in [2.75, 3.05) is 20.2 Å². The summed E-state index contributed by atoms with van der Waals surface area (Å²) in [5.41, 5.74) is -0.614. The fourth-order valence-corrected chi connectivity index (χ4v) is 4.18. The van der Waals surface area contributed by atoms with Crippen LogP contribution in [-0.4, -0.2) is 61.0 Å². The van der Waals surface area contributed by atoms with Gasteiger partial charge < -0.3 is 30.7 Å². The molecule has 1 heterocycles. The molecule has 0 aliphatic rings. The fourth-order valence-electron chi connectivity index (χ4n) is 4.18. The van der Waals surface area contributed by atoms with Crippen LogP contribution in [0.3, 0.4) is 0 Å². The number of hydrogen-bond acceptors (Lipinski definition) is 8. The zero-order valence-electron chi connectivity index (χ0n) is 24.2. The molecule has 43 heavy (non-hydrogen) atoms. The molecule has 12 nitrogen and oxygen atoms in total. The van der Waals surface area contributed by atoms with E-state index in [1.54, 1.807) is 86.6 Å². The second-order valence-electron chi connectivity index (χ2n) is 9.79. The highest BCUT2D eigenvalue weighted by molar-refractivity contribution is 5.98. The predicted octanol–water partition coefficient (Wildman–Crippen LogP) is 1.80. The number of hydrogen-bond donors (Lipinski definition) is 4. The number of esters is 1. The van der Waals surface area contributed by atoms with Crippen LogP contribution in [0.1, 0.15) is 30.7 Å². The van der Waals surface area contributed by atoms with Gasteiger partial charge in [0, 0.05) is 6.20 Å². The Bertz CT molecular complexity index is 1350. The predicted molar refractivity (Wildman–Crippen MR) is 156 cm³/mol. The third-order valence-electron chi connectivity index (χ3n) is 6.38. The van der Waals surface area contributed by atoms with Crippen LogP contribution in [0.2, 0.25) is 0 Å². The summed E-state index contributed by atoms with van der Waals surface area (Å²) in [6.07, 6.45) is 0.635. The van der Waals surface area contributed by atoms with E-state index in [1.807, 2.05) is 6.07 Å². The van der Waals surface area contributed by atoms with E-state index in [0.29, 0.717) is 5.56 Å². The molecule has 12 heteroatoms. The first-order valence-corrected chi connectivity index (χ1v) is 13.6. The second kappa shape index (κ2) is 15.7. The molecular weight excluding hydrogens is 554 g/mol. The van der Waals surface area contributed by atoms with Gasteiger partial charge in [0.05, 0.1) is 19.3 Å². The van der Waals surface area contributed by atoms with Gasteiger partial charge in [-0.05, 0) is 29.2 Å². The summed E-state index contributed by atoms with van der Waals surface area (Å²) < 4.78 is 9.92. The van der Waals surface area contributed by atoms with E-state index in [4.69, 9.17) is 9.47 Å². The minimum Gasteiger partial charge on any atom is -0.467 e. The van der Waals surface area contributed by atoms with Gasteiger partial charge in [-0.15, -0.1) is 0 Å². The van der Waals surface area contributed by atoms with E-state index in [2.05, 4.69) is 26.3 Å². The van der Waals surface area contributed by atoms with Gasteiger partial charge in [0.2, 0.25) is 11.8 Å². The van der Waals surface area contributed by atoms with Crippen LogP contribution in [0.5, 0.6) is 0 Å². The van der Waals surface area contributed by atoms with Crippen LogP contribution in [0.4, 0.5) is 4.79 Å². The lowest BCUT2D eigenvalue weighted by Gasteiger charge is -2.33. The zero-order valence-corrected chi connectivity index (χ0v) is 24.2. The monoisotopic (exact) mass is 589 g/mol. The van der Waals surface area contributed by atoms with E-state index in [0.717, 1.165) is 5.56 Å². The number of benzene rings is 2. The molecule has 0 spiro atoms. The number of aromatic nitrogens is 1. The van der Waals surface area contributed by atoms with E-state index in [9.17, 15) is 24.0 Å². The maximum atomic E-state index is 14.0. The third kappa shape index (κ3) is 8.86. The molecule has 226 valence electrons. The maximum absolute atomic E-state index is 14.0. The van der Waals surface area contributed by atoms with Gasteiger partial charge in [-0.3, -0.25) is 19.4 Å². The Balaban J connectivity index is 1.80. The fraction of sp³-hybridized carbons (Fsp3) is 0.290. The van der Waals surface area contributed by atoms with Gasteiger partial charge in [-0.2, -0.15) is 0 Å². The van der Waals surface area contributed by atoms with Crippen molar-refractivity contribution in [3.05, 3.63) is 102 Å². The summed E-state index contributed by atoms with van der Waals surface area (Å²) >= 11 is 0. The lowest BCUT2D eigenvalue weighted by molar-refractivity contribution is -0.146. The van der Waals surface area contributed by atoms with Crippen molar-refractivity contribution in [2.45, 2.75) is 32.0 Å². The maximum Gasteiger partial charge on any atom is 0.407 e. The number of carbonyl (C=O) groups excluding carboxylic acids is 5. The zero-order chi connectivity index (χ0) is 31.2. The molecular formula is C31H35N5O7. The topological polar surface area (TPSA) is 165 Å². The Hall–Kier alpha value is -5.26. The normalized spacial score (nSPS) is 12.7. The van der Waals surface area contributed by atoms with Gasteiger partial charge in [-0.25, -0.2) is 9.59 Å². The van der Waals surface area contributed by atoms with Crippen molar-refractivity contribution in [1.29, 1.82) is 0 Å². The van der Waals surface area contributed by atoms with Crippen molar-refractivity contribution in [2.24, 2.45) is 5.92 Å². The SMILES string of the molecule is COC(=O)[C@@H](NC(=O)CNC(=O)[C@@](NC(=O)CNC(=O)OCc1ccccc1)(c1ccccc1)c1ccccn1)C(C)C. The summed E-state index contributed by atoms with van der Waals surface area (Å²) in [5.74, 6) is -3.03. The quantitative estimate of drug-likeness (QED) is 0.219. The van der Waals surface area contributed by atoms with Crippen molar-refractivity contribution in [1.82, 2.24) is 26.3 Å². The first kappa shape index (κ1) is 32.3. The van der Waals surface area contributed by atoms with Crippen molar-refractivity contribution in [3.63, 3.8) is 0 Å². The number of carbonyl (C=O) groups is 5. The van der Waals surface area contributed by atoms with Crippen molar-refractivity contribution >= 4 is 29.8 Å². The Morgan fingerprint density at radius 3 is 2.05 bits per heavy atom. The summed E-state index contributed by atoms with van der Waals surface area (Å²) in [7, 11) is 1.22. The molecule has 1 aromatic heterocycles. The van der Waals surface area contributed by atoms with Crippen molar-refractivity contribution in [3.8, 4) is 0 Å². The molecule has 2 aromatic carbocycles. The summed E-state index contributed by atoms with van der Waals surface area (Å²) in [5, 5.41) is 10.2. The van der Waals surface area contributed by atoms with Crippen LogP contribution in [0.25, 0.3) is 0 Å². The number of pyridine rings is 1. The van der Waals surface area contributed by atoms with Gasteiger partial charge in [-0.1, -0.05) is 80.6 Å². The van der Waals surface area contributed by atoms with Crippen LogP contribution < -0.4 is 21.3 Å². The van der Waals surface area contributed by atoms with Crippen LogP contribution in [0, 0.1) is 5.92 Å². The number of methoxy groups -OCH3 is 1. The lowest BCUT2D eigenvalue weighted by atomic mass is 9.84. The van der Waals surface area contributed by atoms with E-state index >= 15 is 0 Å². The Kier molecular flexibility index (Phi) is 11.7. The molecule has 0 aliphatic carbocycles. The van der Waals surface area contributed by atoms with Gasteiger partial charge in [0.15, 0.2) is 5.54 Å². The molecule has 0 saturated heterocycles. The molecule has 4 N–H and O–H groups in total. The highest BCUT2D eigenvalue weighted by Gasteiger charge is 2.45. The lowest BCUT2D eigenvalue weighted by Crippen LogP contribution is -2.60. The molecule has 0 bridgehead atoms. The number of amides is 4. The summed E-state index contributed by atoms with van der Waals surface area (Å²) in [4.78, 5) is 68.6. The van der Waals surface area contributed by atoms with E-state index in [1.165, 1.54) is 13.3 Å². The van der Waals surface area contributed by atoms with Gasteiger partial charge >= 0.3 is 12.1 Å². The summed E-state index contributed by atoms with van der Waals surface area (Å²) in [6.45, 7) is 2.46. The van der Waals surface area contributed by atoms with E-state index < -0.39 is 54.5 Å². The van der Waals surface area contributed by atoms with Gasteiger partial charge in [0.1, 0.15) is 19.2 Å². The highest BCUT2D eigenvalue weighted by atomic mass is 16.5. The molecule has 2 atom stereocenters. The standard InChI is InChI=1S/C31H35N5O7/c1-21(2)27(28(39)42-3)35-25(37)18-33-29(40)31(23-14-8-5-9-15-23,24-16-10-11-17-32-24)36-26(38)19-34-30(41)43-20-22-12-6-4-7-13-22/h4-17,21,27H,18-20H2,1-3H3,(H,33,40)(H,34,41)(H,35,37)(H,36,38)/t27-,31+/m0/s1. The second-order valence-corrected chi connectivity index (χ2v) is 9.79. The molecule has 0 aliphatic heterocycles. The van der Waals surface area contributed by atoms with Gasteiger partial charge in [0.25, 0.3) is 5.91 Å². The molecule has 0 saturated carbocycles. The molecule has 0 radical (unpaired) electrons. The molecule has 3 aromatic rings. The Morgan fingerprint density at radius 1 is 0.814 bits per heavy atom. The molecule has 0 fully saturated rings. The highest BCUT2D eigenvalue weighted by Crippen LogP contribution is 2.29. The number of ether oxygens (including phenoxy) is 2. The van der Waals surface area contributed by atoms with Crippen LogP contribution in [-0.2, 0) is 40.8 Å². The molecule has 4 amide bonds. The van der Waals surface area contributed by atoms with Crippen LogP contribution in [0.15, 0.2) is 85.1 Å². The molecule has 0 unspecified atom stereocenters. The largest absolute Gasteiger partial charge is 0.467 e. The number of alkyl carbamates (subject to hydrolysis) is 1. The van der Waals surface area contributed by atoms with E-state index in [-0.39, 0.29) is 18.2 Å². The smallest absolute Gasteiger partial charge is 0.407 e. The third-order valence-corrected chi connectivity index (χ3v) is 6.38. The average Bonchev–Trinajstić information content (AvgIpc) is 3.03. The number of rotatable bonds is 13. The number of nitrogens with zero attached hydrogens (tertiary/aromatic N) is 1. The Morgan fingerprint density at radius 2 is 1.44 bits per heavy atom. The van der Waals surface area contributed by atoms with Crippen LogP contribution >= 0.6 is 0 Å². The Labute approximate surface area is 249 Å². The minimum atomic E-state index is -1.89. The number of nitrogens with one attached hydrogen (secondary N) is 4. The summed E-state index contributed by atoms with van der Waals surface area (Å²) in [6, 6.07) is 21.3. The average molecular weight is 590 g/mol.